The molecule has 15 heteroatoms. The van der Waals surface area contributed by atoms with E-state index in [1.807, 2.05) is 22.6 Å². The summed E-state index contributed by atoms with van der Waals surface area (Å²) in [6, 6.07) is 5.94. The number of alkyl halides is 1. The number of hydrogen-bond donors (Lipinski definition) is 3. The van der Waals surface area contributed by atoms with Crippen molar-refractivity contribution in [2.75, 3.05) is 6.54 Å². The summed E-state index contributed by atoms with van der Waals surface area (Å²) in [5.74, 6) is -2.78. The quantitative estimate of drug-likeness (QED) is 0.194. The van der Waals surface area contributed by atoms with Gasteiger partial charge in [0.25, 0.3) is 5.91 Å². The Labute approximate surface area is 277 Å². The molecule has 248 valence electrons. The van der Waals surface area contributed by atoms with Crippen LogP contribution in [-0.4, -0.2) is 88.1 Å². The first-order valence-corrected chi connectivity index (χ1v) is 17.6. The minimum Gasteiger partial charge on any atom is -0.457 e. The summed E-state index contributed by atoms with van der Waals surface area (Å²) in [6.07, 6.45) is -0.656. The summed E-state index contributed by atoms with van der Waals surface area (Å²) in [5, 5.41) is 4.72. The molecule has 3 N–H and O–H groups in total. The number of ether oxygens (including phenoxy) is 2. The zero-order chi connectivity index (χ0) is 33.5. The van der Waals surface area contributed by atoms with E-state index in [9.17, 15) is 32.4 Å². The summed E-state index contributed by atoms with van der Waals surface area (Å²) in [7, 11) is -3.86. The number of nitrogens with zero attached hydrogens (tertiary/aromatic N) is 1. The van der Waals surface area contributed by atoms with Gasteiger partial charge in [0.1, 0.15) is 29.3 Å². The van der Waals surface area contributed by atoms with Gasteiger partial charge in [0.15, 0.2) is 0 Å². The molecule has 1 aromatic carbocycles. The minimum absolute atomic E-state index is 0.0799. The first kappa shape index (κ1) is 34.9. The maximum Gasteiger partial charge on any atom is 0.408 e. The van der Waals surface area contributed by atoms with Crippen molar-refractivity contribution in [1.29, 1.82) is 0 Å². The average Bonchev–Trinajstić information content (AvgIpc) is 3.83. The Hall–Kier alpha value is -2.95. The van der Waals surface area contributed by atoms with Gasteiger partial charge in [-0.05, 0) is 57.6 Å². The van der Waals surface area contributed by atoms with Gasteiger partial charge in [-0.15, -0.1) is 0 Å². The lowest BCUT2D eigenvalue weighted by molar-refractivity contribution is -0.143. The highest BCUT2D eigenvalue weighted by Crippen LogP contribution is 2.44. The molecule has 1 aromatic rings. The molecule has 1 saturated heterocycles. The van der Waals surface area contributed by atoms with Crippen LogP contribution in [0, 0.1) is 5.41 Å². The van der Waals surface area contributed by atoms with Gasteiger partial charge in [-0.25, -0.2) is 18.0 Å². The van der Waals surface area contributed by atoms with Crippen LogP contribution >= 0.6 is 22.6 Å². The molecule has 5 atom stereocenters. The van der Waals surface area contributed by atoms with Gasteiger partial charge in [0.2, 0.25) is 21.8 Å². The zero-order valence-electron chi connectivity index (χ0n) is 26.2. The summed E-state index contributed by atoms with van der Waals surface area (Å²) < 4.78 is 37.8. The van der Waals surface area contributed by atoms with E-state index in [0.717, 1.165) is 0 Å². The molecule has 45 heavy (non-hydrogen) atoms. The van der Waals surface area contributed by atoms with E-state index in [1.54, 1.807) is 71.9 Å². The third kappa shape index (κ3) is 8.45. The van der Waals surface area contributed by atoms with E-state index in [0.29, 0.717) is 18.4 Å². The highest BCUT2D eigenvalue weighted by Gasteiger charge is 2.62. The third-order valence-electron chi connectivity index (χ3n) is 7.73. The molecule has 13 nitrogen and oxygen atoms in total. The average molecular weight is 761 g/mol. The highest BCUT2D eigenvalue weighted by molar-refractivity contribution is 14.1. The van der Waals surface area contributed by atoms with E-state index < -0.39 is 79.8 Å². The fourth-order valence-electron chi connectivity index (χ4n) is 5.04. The number of benzene rings is 1. The lowest BCUT2D eigenvalue weighted by Crippen LogP contribution is -2.60. The largest absolute Gasteiger partial charge is 0.457 e. The molecular formula is C30H41IN4O9S. The Balaban J connectivity index is 1.58. The molecular weight excluding hydrogens is 719 g/mol. The molecule has 0 aromatic heterocycles. The van der Waals surface area contributed by atoms with Crippen LogP contribution in [0.25, 0.3) is 0 Å². The molecule has 2 saturated carbocycles. The highest BCUT2D eigenvalue weighted by atomic mass is 127. The molecule has 4 amide bonds. The van der Waals surface area contributed by atoms with Crippen molar-refractivity contribution >= 4 is 62.4 Å². The summed E-state index contributed by atoms with van der Waals surface area (Å²) >= 11 is 1.97. The molecule has 0 radical (unpaired) electrons. The van der Waals surface area contributed by atoms with Crippen LogP contribution in [-0.2, 0) is 33.9 Å². The Kier molecular flexibility index (Phi) is 9.84. The van der Waals surface area contributed by atoms with Gasteiger partial charge in [-0.1, -0.05) is 61.6 Å². The number of esters is 1. The number of hydrogen-bond acceptors (Lipinski definition) is 9. The Morgan fingerprint density at radius 1 is 1.02 bits per heavy atom. The number of likely N-dealkylation sites (tertiary alicyclic amines) is 1. The lowest BCUT2D eigenvalue weighted by atomic mass is 9.85. The van der Waals surface area contributed by atoms with Gasteiger partial charge in [-0.2, -0.15) is 0 Å². The SMILES string of the molecule is CC(C)(C)OC(=O)NC(C(=O)N1C[C@H](OC(=O)c2ccccc2)C[C@H]1C(=O)N[C@]1(C(=O)NS(=O)(=O)C2CC2)C[C@H]1I)C(C)(C)C. The molecule has 3 aliphatic rings. The minimum atomic E-state index is -3.86. The zero-order valence-corrected chi connectivity index (χ0v) is 29.2. The Morgan fingerprint density at radius 3 is 2.13 bits per heavy atom. The third-order valence-corrected chi connectivity index (χ3v) is 11.1. The second-order valence-electron chi connectivity index (χ2n) is 13.9. The van der Waals surface area contributed by atoms with Crippen LogP contribution < -0.4 is 15.4 Å². The van der Waals surface area contributed by atoms with Crippen molar-refractivity contribution in [2.24, 2.45) is 5.41 Å². The van der Waals surface area contributed by atoms with Crippen molar-refractivity contribution in [1.82, 2.24) is 20.3 Å². The molecule has 1 heterocycles. The monoisotopic (exact) mass is 760 g/mol. The van der Waals surface area contributed by atoms with Gasteiger partial charge >= 0.3 is 12.1 Å². The second kappa shape index (κ2) is 12.7. The van der Waals surface area contributed by atoms with Crippen molar-refractivity contribution in [3.63, 3.8) is 0 Å². The summed E-state index contributed by atoms with van der Waals surface area (Å²) in [5.41, 5.74) is -2.84. The Bertz CT molecular complexity index is 1450. The van der Waals surface area contributed by atoms with Crippen LogP contribution in [0.15, 0.2) is 30.3 Å². The van der Waals surface area contributed by atoms with Crippen molar-refractivity contribution in [3.8, 4) is 0 Å². The maximum absolute atomic E-state index is 14.1. The van der Waals surface area contributed by atoms with E-state index in [-0.39, 0.29) is 23.3 Å². The molecule has 3 fully saturated rings. The fourth-order valence-corrected chi connectivity index (χ4v) is 7.54. The van der Waals surface area contributed by atoms with Crippen LogP contribution in [0.1, 0.15) is 77.6 Å². The van der Waals surface area contributed by atoms with Crippen LogP contribution in [0.2, 0.25) is 0 Å². The fraction of sp³-hybridized carbons (Fsp3) is 0.633. The molecule has 1 unspecified atom stereocenters. The number of halogens is 1. The maximum atomic E-state index is 14.1. The smallest absolute Gasteiger partial charge is 0.408 e. The number of amides is 4. The predicted molar refractivity (Wildman–Crippen MR) is 172 cm³/mol. The Morgan fingerprint density at radius 2 is 1.62 bits per heavy atom. The van der Waals surface area contributed by atoms with Crippen molar-refractivity contribution < 1.29 is 41.9 Å². The van der Waals surface area contributed by atoms with Crippen molar-refractivity contribution in [3.05, 3.63) is 35.9 Å². The van der Waals surface area contributed by atoms with Crippen LogP contribution in [0.5, 0.6) is 0 Å². The summed E-state index contributed by atoms with van der Waals surface area (Å²) in [6.45, 7) is 10.1. The number of rotatable bonds is 9. The van der Waals surface area contributed by atoms with E-state index in [2.05, 4.69) is 15.4 Å². The van der Waals surface area contributed by atoms with Gasteiger partial charge in [0, 0.05) is 10.3 Å². The first-order chi connectivity index (χ1) is 20.7. The summed E-state index contributed by atoms with van der Waals surface area (Å²) in [4.78, 5) is 68.0. The predicted octanol–water partition coefficient (Wildman–Crippen LogP) is 2.42. The number of alkyl carbamates (subject to hydrolysis) is 1. The molecule has 2 aliphatic carbocycles. The van der Waals surface area contributed by atoms with Crippen LogP contribution in [0.3, 0.4) is 0 Å². The number of nitrogens with one attached hydrogen (secondary N) is 3. The second-order valence-corrected chi connectivity index (χ2v) is 17.4. The van der Waals surface area contributed by atoms with Crippen molar-refractivity contribution in [2.45, 2.75) is 106 Å². The van der Waals surface area contributed by atoms with E-state index >= 15 is 0 Å². The normalized spacial score (nSPS) is 25.5. The number of carbonyl (C=O) groups is 5. The molecule has 0 spiro atoms. The van der Waals surface area contributed by atoms with Gasteiger partial charge < -0.3 is 25.0 Å². The standard InChI is InChI=1S/C30H41IN4O9S/c1-28(2,3)22(32-27(40)44-29(4,5)6)24(37)35-16-18(43-25(38)17-10-8-7-9-11-17)14-20(35)23(36)33-30(15-21(30)31)26(39)34-45(41,42)19-12-13-19/h7-11,18-22H,12-16H2,1-6H3,(H,32,40)(H,33,36)(H,34,39)/t18-,20+,21-,22?,30-/m1/s1. The van der Waals surface area contributed by atoms with E-state index in [1.165, 1.54) is 4.90 Å². The topological polar surface area (TPSA) is 177 Å². The first-order valence-electron chi connectivity index (χ1n) is 14.8. The molecule has 1 aliphatic heterocycles. The van der Waals surface area contributed by atoms with Gasteiger partial charge in [-0.3, -0.25) is 19.1 Å². The van der Waals surface area contributed by atoms with E-state index in [4.69, 9.17) is 9.47 Å². The number of sulfonamides is 1. The molecule has 0 bridgehead atoms. The van der Waals surface area contributed by atoms with Gasteiger partial charge in [0.05, 0.1) is 17.4 Å². The lowest BCUT2D eigenvalue weighted by Gasteiger charge is -2.36. The number of carbonyl (C=O) groups excluding carboxylic acids is 5. The van der Waals surface area contributed by atoms with Crippen LogP contribution in [0.4, 0.5) is 4.79 Å². The molecule has 4 rings (SSSR count).